The van der Waals surface area contributed by atoms with Gasteiger partial charge in [0.25, 0.3) is 0 Å². The number of anilines is 4. The quantitative estimate of drug-likeness (QED) is 0.780. The van der Waals surface area contributed by atoms with E-state index in [4.69, 9.17) is 10.3 Å². The smallest absolute Gasteiger partial charge is 0.175 e. The zero-order valence-electron chi connectivity index (χ0n) is 11.5. The molecule has 0 aliphatic rings. The number of hydrogen-bond acceptors (Lipinski definition) is 7. The summed E-state index contributed by atoms with van der Waals surface area (Å²) in [6, 6.07) is 1.76. The first-order valence-corrected chi connectivity index (χ1v) is 5.94. The third kappa shape index (κ3) is 3.34. The van der Waals surface area contributed by atoms with Crippen molar-refractivity contribution in [3.63, 3.8) is 0 Å². The third-order valence-corrected chi connectivity index (χ3v) is 2.25. The molecule has 0 radical (unpaired) electrons. The lowest BCUT2D eigenvalue weighted by molar-refractivity contribution is 0.400. The standard InChI is InChI=1S/C12H18N6O/c1-7-5-8(18-19-7)16-10-9(13)11(15-6-14-10)17-12(2,3)4/h5-6H,13H2,1-4H3,(H2,14,15,16,17,18). The van der Waals surface area contributed by atoms with Crippen LogP contribution in [0, 0.1) is 6.92 Å². The number of aromatic nitrogens is 3. The average molecular weight is 262 g/mol. The first-order valence-electron chi connectivity index (χ1n) is 5.94. The van der Waals surface area contributed by atoms with Crippen molar-refractivity contribution in [3.05, 3.63) is 18.2 Å². The van der Waals surface area contributed by atoms with Gasteiger partial charge in [0.15, 0.2) is 17.5 Å². The SMILES string of the molecule is Cc1cc(Nc2ncnc(NC(C)(C)C)c2N)no1. The Balaban J connectivity index is 2.24. The topological polar surface area (TPSA) is 102 Å². The van der Waals surface area contributed by atoms with Gasteiger partial charge in [-0.05, 0) is 27.7 Å². The Kier molecular flexibility index (Phi) is 3.28. The van der Waals surface area contributed by atoms with Crippen LogP contribution in [0.4, 0.5) is 23.1 Å². The molecule has 7 nitrogen and oxygen atoms in total. The maximum absolute atomic E-state index is 6.04. The molecule has 0 saturated carbocycles. The number of nitrogens with zero attached hydrogens (tertiary/aromatic N) is 3. The maximum Gasteiger partial charge on any atom is 0.175 e. The highest BCUT2D eigenvalue weighted by Gasteiger charge is 2.15. The summed E-state index contributed by atoms with van der Waals surface area (Å²) in [6.45, 7) is 7.90. The zero-order valence-corrected chi connectivity index (χ0v) is 11.5. The molecular weight excluding hydrogens is 244 g/mol. The third-order valence-electron chi connectivity index (χ3n) is 2.25. The molecule has 0 amide bonds. The fraction of sp³-hybridized carbons (Fsp3) is 0.417. The second kappa shape index (κ2) is 4.75. The molecule has 0 bridgehead atoms. The molecule has 2 heterocycles. The molecule has 4 N–H and O–H groups in total. The van der Waals surface area contributed by atoms with Gasteiger partial charge in [0.2, 0.25) is 0 Å². The van der Waals surface area contributed by atoms with Crippen LogP contribution in [0.3, 0.4) is 0 Å². The molecule has 0 spiro atoms. The van der Waals surface area contributed by atoms with E-state index in [0.29, 0.717) is 28.9 Å². The molecule has 0 aliphatic heterocycles. The van der Waals surface area contributed by atoms with E-state index < -0.39 is 0 Å². The summed E-state index contributed by atoms with van der Waals surface area (Å²) < 4.78 is 4.98. The van der Waals surface area contributed by atoms with Crippen molar-refractivity contribution in [2.45, 2.75) is 33.2 Å². The highest BCUT2D eigenvalue weighted by atomic mass is 16.5. The molecule has 0 unspecified atom stereocenters. The summed E-state index contributed by atoms with van der Waals surface area (Å²) in [7, 11) is 0. The second-order valence-corrected chi connectivity index (χ2v) is 5.31. The summed E-state index contributed by atoms with van der Waals surface area (Å²) in [5.74, 6) is 2.35. The van der Waals surface area contributed by atoms with E-state index in [1.165, 1.54) is 6.33 Å². The molecule has 2 aromatic rings. The van der Waals surface area contributed by atoms with Crippen LogP contribution in [0.1, 0.15) is 26.5 Å². The molecule has 19 heavy (non-hydrogen) atoms. The van der Waals surface area contributed by atoms with Crippen LogP contribution in [0.25, 0.3) is 0 Å². The summed E-state index contributed by atoms with van der Waals surface area (Å²) in [5, 5.41) is 10.1. The Morgan fingerprint density at radius 2 is 1.89 bits per heavy atom. The molecule has 0 saturated heterocycles. The van der Waals surface area contributed by atoms with E-state index in [-0.39, 0.29) is 5.54 Å². The van der Waals surface area contributed by atoms with E-state index in [0.717, 1.165) is 0 Å². The largest absolute Gasteiger partial charge is 0.393 e. The summed E-state index contributed by atoms with van der Waals surface area (Å²) in [6.07, 6.45) is 1.44. The van der Waals surface area contributed by atoms with E-state index >= 15 is 0 Å². The summed E-state index contributed by atoms with van der Waals surface area (Å²) >= 11 is 0. The Labute approximate surface area is 111 Å². The first kappa shape index (κ1) is 13.1. The molecule has 0 fully saturated rings. The number of aryl methyl sites for hydroxylation is 1. The Hall–Kier alpha value is -2.31. The minimum atomic E-state index is -0.135. The minimum absolute atomic E-state index is 0.135. The molecule has 7 heteroatoms. The van der Waals surface area contributed by atoms with Crippen molar-refractivity contribution in [3.8, 4) is 0 Å². The predicted octanol–water partition coefficient (Wildman–Crippen LogP) is 2.31. The lowest BCUT2D eigenvalue weighted by Crippen LogP contribution is -2.27. The highest BCUT2D eigenvalue weighted by Crippen LogP contribution is 2.27. The minimum Gasteiger partial charge on any atom is -0.393 e. The molecule has 2 rings (SSSR count). The zero-order chi connectivity index (χ0) is 14.0. The van der Waals surface area contributed by atoms with Crippen LogP contribution in [0.15, 0.2) is 16.9 Å². The molecule has 2 aromatic heterocycles. The summed E-state index contributed by atoms with van der Waals surface area (Å²) in [4.78, 5) is 8.24. The lowest BCUT2D eigenvalue weighted by Gasteiger charge is -2.22. The monoisotopic (exact) mass is 262 g/mol. The molecule has 0 aliphatic carbocycles. The van der Waals surface area contributed by atoms with E-state index in [2.05, 4.69) is 25.8 Å². The van der Waals surface area contributed by atoms with E-state index in [1.807, 2.05) is 27.7 Å². The predicted molar refractivity (Wildman–Crippen MR) is 74.3 cm³/mol. The second-order valence-electron chi connectivity index (χ2n) is 5.31. The Bertz CT molecular complexity index is 572. The molecule has 0 atom stereocenters. The Morgan fingerprint density at radius 3 is 2.47 bits per heavy atom. The Morgan fingerprint density at radius 1 is 1.21 bits per heavy atom. The van der Waals surface area contributed by atoms with Crippen molar-refractivity contribution in [1.82, 2.24) is 15.1 Å². The average Bonchev–Trinajstić information content (AvgIpc) is 2.68. The van der Waals surface area contributed by atoms with Gasteiger partial charge in [-0.3, -0.25) is 0 Å². The van der Waals surface area contributed by atoms with Gasteiger partial charge in [-0.25, -0.2) is 9.97 Å². The van der Waals surface area contributed by atoms with Gasteiger partial charge in [-0.15, -0.1) is 0 Å². The van der Waals surface area contributed by atoms with Gasteiger partial charge >= 0.3 is 0 Å². The molecular formula is C12H18N6O. The van der Waals surface area contributed by atoms with Crippen molar-refractivity contribution in [2.24, 2.45) is 0 Å². The van der Waals surface area contributed by atoms with Crippen LogP contribution in [0.2, 0.25) is 0 Å². The van der Waals surface area contributed by atoms with E-state index in [9.17, 15) is 0 Å². The number of nitrogens with one attached hydrogen (secondary N) is 2. The maximum atomic E-state index is 6.04. The van der Waals surface area contributed by atoms with Gasteiger partial charge < -0.3 is 20.9 Å². The van der Waals surface area contributed by atoms with E-state index in [1.54, 1.807) is 6.07 Å². The van der Waals surface area contributed by atoms with Crippen LogP contribution in [0.5, 0.6) is 0 Å². The fourth-order valence-corrected chi connectivity index (χ4v) is 1.50. The van der Waals surface area contributed by atoms with Gasteiger partial charge in [-0.2, -0.15) is 0 Å². The van der Waals surface area contributed by atoms with Gasteiger partial charge in [0, 0.05) is 11.6 Å². The van der Waals surface area contributed by atoms with Crippen LogP contribution >= 0.6 is 0 Å². The number of rotatable bonds is 3. The first-order chi connectivity index (χ1) is 8.85. The fourth-order valence-electron chi connectivity index (χ4n) is 1.50. The normalized spacial score (nSPS) is 11.4. The van der Waals surface area contributed by atoms with Crippen molar-refractivity contribution >= 4 is 23.1 Å². The van der Waals surface area contributed by atoms with Gasteiger partial charge in [0.1, 0.15) is 17.8 Å². The van der Waals surface area contributed by atoms with Crippen LogP contribution < -0.4 is 16.4 Å². The number of nitrogen functional groups attached to an aromatic ring is 1. The van der Waals surface area contributed by atoms with Gasteiger partial charge in [0.05, 0.1) is 0 Å². The summed E-state index contributed by atoms with van der Waals surface area (Å²) in [5.41, 5.74) is 6.34. The van der Waals surface area contributed by atoms with Crippen molar-refractivity contribution in [2.75, 3.05) is 16.4 Å². The molecule has 102 valence electrons. The highest BCUT2D eigenvalue weighted by molar-refractivity contribution is 5.77. The molecule has 0 aromatic carbocycles. The van der Waals surface area contributed by atoms with Crippen molar-refractivity contribution in [1.29, 1.82) is 0 Å². The van der Waals surface area contributed by atoms with Gasteiger partial charge in [-0.1, -0.05) is 5.16 Å². The van der Waals surface area contributed by atoms with Crippen LogP contribution in [-0.4, -0.2) is 20.7 Å². The lowest BCUT2D eigenvalue weighted by atomic mass is 10.1. The number of hydrogen-bond donors (Lipinski definition) is 3. The van der Waals surface area contributed by atoms with Crippen LogP contribution in [-0.2, 0) is 0 Å². The van der Waals surface area contributed by atoms with Crippen molar-refractivity contribution < 1.29 is 4.52 Å². The number of nitrogens with two attached hydrogens (primary N) is 1.